The maximum absolute atomic E-state index is 13.7. The van der Waals surface area contributed by atoms with Gasteiger partial charge in [0.2, 0.25) is 0 Å². The molecule has 3 aromatic heterocycles. The molecule has 228 valence electrons. The van der Waals surface area contributed by atoms with E-state index in [9.17, 15) is 9.90 Å². The van der Waals surface area contributed by atoms with Gasteiger partial charge in [0.1, 0.15) is 5.52 Å². The second-order valence-corrected chi connectivity index (χ2v) is 13.2. The molecular formula is C31H32Cl2N8O2S. The molecule has 0 radical (unpaired) electrons. The molecule has 1 amide bonds. The van der Waals surface area contributed by atoms with E-state index in [2.05, 4.69) is 48.8 Å². The van der Waals surface area contributed by atoms with E-state index in [1.54, 1.807) is 23.4 Å². The van der Waals surface area contributed by atoms with Gasteiger partial charge in [0.05, 0.1) is 22.1 Å². The largest absolute Gasteiger partial charge is 0.396 e. The molecule has 0 spiro atoms. The van der Waals surface area contributed by atoms with Gasteiger partial charge in [-0.1, -0.05) is 35.3 Å². The van der Waals surface area contributed by atoms with Crippen LogP contribution in [0.3, 0.4) is 0 Å². The van der Waals surface area contributed by atoms with Crippen LogP contribution in [0.25, 0.3) is 22.0 Å². The predicted molar refractivity (Wildman–Crippen MR) is 175 cm³/mol. The first kappa shape index (κ1) is 29.2. The number of likely N-dealkylation sites (N-methyl/N-ethyl adjacent to an activating group) is 1. The average molecular weight is 652 g/mol. The summed E-state index contributed by atoms with van der Waals surface area (Å²) in [6.45, 7) is 4.92. The van der Waals surface area contributed by atoms with E-state index in [-0.39, 0.29) is 12.5 Å². The number of amides is 1. The molecule has 44 heavy (non-hydrogen) atoms. The molecule has 10 nitrogen and oxygen atoms in total. The second kappa shape index (κ2) is 12.1. The van der Waals surface area contributed by atoms with Crippen LogP contribution in [0.1, 0.15) is 23.9 Å². The van der Waals surface area contributed by atoms with Crippen LogP contribution < -0.4 is 10.2 Å². The molecule has 1 fully saturated rings. The first-order valence-corrected chi connectivity index (χ1v) is 16.3. The number of anilines is 2. The van der Waals surface area contributed by atoms with Crippen LogP contribution in [0.2, 0.25) is 10.0 Å². The number of aryl methyl sites for hydroxylation is 1. The molecule has 0 aliphatic carbocycles. The van der Waals surface area contributed by atoms with Crippen LogP contribution in [-0.4, -0.2) is 80.1 Å². The van der Waals surface area contributed by atoms with Crippen LogP contribution in [0.5, 0.6) is 0 Å². The lowest BCUT2D eigenvalue weighted by molar-refractivity contribution is -0.118. The Labute approximate surface area is 268 Å². The number of carbonyl (C=O) groups excluding carboxylic acids is 1. The van der Waals surface area contributed by atoms with Crippen molar-refractivity contribution in [2.24, 2.45) is 5.92 Å². The molecule has 7 rings (SSSR count). The number of nitrogens with one attached hydrogen (secondary N) is 1. The quantitative estimate of drug-likeness (QED) is 0.214. The van der Waals surface area contributed by atoms with Gasteiger partial charge in [0.15, 0.2) is 11.2 Å². The van der Waals surface area contributed by atoms with Crippen LogP contribution in [0.15, 0.2) is 54.4 Å². The number of fused-ring (bicyclic) bond motifs is 2. The lowest BCUT2D eigenvalue weighted by atomic mass is 10.0. The van der Waals surface area contributed by atoms with Crippen molar-refractivity contribution < 1.29 is 9.90 Å². The molecule has 2 aliphatic rings. The maximum Gasteiger partial charge on any atom is 0.257 e. The van der Waals surface area contributed by atoms with Crippen LogP contribution in [-0.2, 0) is 17.8 Å². The third-order valence-electron chi connectivity index (χ3n) is 8.59. The van der Waals surface area contributed by atoms with E-state index in [0.29, 0.717) is 37.7 Å². The standard InChI is InChI=1S/C31H32Cl2N8O2S/c1-38(10-11-39-14-19(15-39)17-42)21-6-4-20(5-7-21)22-13-24(32)23-16-41(37-27(23)26(22)33)29(30(43)36-31-34-8-12-44-31)28-25-3-2-9-40(25)18-35-28/h4-8,12-13,16,18-19,29,42H,2-3,9-11,14-15,17H2,1H3,(H,34,36,43). The molecule has 2 aromatic carbocycles. The van der Waals surface area contributed by atoms with E-state index in [1.165, 1.54) is 11.3 Å². The zero-order chi connectivity index (χ0) is 30.4. The van der Waals surface area contributed by atoms with Crippen LogP contribution in [0.4, 0.5) is 10.8 Å². The van der Waals surface area contributed by atoms with Gasteiger partial charge in [-0.2, -0.15) is 5.10 Å². The number of likely N-dealkylation sites (tertiary alicyclic amines) is 1. The average Bonchev–Trinajstić information content (AvgIpc) is 3.81. The highest BCUT2D eigenvalue weighted by atomic mass is 35.5. The number of aliphatic hydroxyl groups is 1. The molecule has 1 atom stereocenters. The summed E-state index contributed by atoms with van der Waals surface area (Å²) in [7, 11) is 2.08. The van der Waals surface area contributed by atoms with Crippen LogP contribution in [0, 0.1) is 5.92 Å². The summed E-state index contributed by atoms with van der Waals surface area (Å²) >= 11 is 15.2. The fourth-order valence-corrected chi connectivity index (χ4v) is 7.20. The smallest absolute Gasteiger partial charge is 0.257 e. The van der Waals surface area contributed by atoms with Gasteiger partial charge in [0.25, 0.3) is 5.91 Å². The number of hydrogen-bond donors (Lipinski definition) is 2. The number of aliphatic hydroxyl groups excluding tert-OH is 1. The molecule has 2 N–H and O–H groups in total. The molecule has 5 aromatic rings. The summed E-state index contributed by atoms with van der Waals surface area (Å²) in [4.78, 5) is 27.2. The molecule has 1 saturated heterocycles. The molecule has 2 aliphatic heterocycles. The Kier molecular flexibility index (Phi) is 8.06. The predicted octanol–water partition coefficient (Wildman–Crippen LogP) is 5.20. The fourth-order valence-electron chi connectivity index (χ4n) is 6.12. The van der Waals surface area contributed by atoms with E-state index >= 15 is 0 Å². The SMILES string of the molecule is CN(CCN1CC(CO)C1)c1ccc(-c2cc(Cl)c3cn(C(C(=O)Nc4nccs4)c4ncn5c4CCC5)nc3c2Cl)cc1. The second-order valence-electron chi connectivity index (χ2n) is 11.5. The Morgan fingerprint density at radius 3 is 2.80 bits per heavy atom. The van der Waals surface area contributed by atoms with Gasteiger partial charge in [-0.15, -0.1) is 11.3 Å². The van der Waals surface area contributed by atoms with Crippen molar-refractivity contribution in [2.45, 2.75) is 25.4 Å². The Morgan fingerprint density at radius 1 is 1.23 bits per heavy atom. The van der Waals surface area contributed by atoms with E-state index in [1.807, 2.05) is 23.6 Å². The number of nitrogens with zero attached hydrogens (tertiary/aromatic N) is 7. The minimum absolute atomic E-state index is 0.266. The third-order valence-corrected chi connectivity index (χ3v) is 9.98. The lowest BCUT2D eigenvalue weighted by Gasteiger charge is -2.39. The number of halogens is 2. The van der Waals surface area contributed by atoms with Gasteiger partial charge in [-0.25, -0.2) is 9.97 Å². The fraction of sp³-hybridized carbons (Fsp3) is 0.355. The monoisotopic (exact) mass is 650 g/mol. The number of thiazole rings is 1. The van der Waals surface area contributed by atoms with E-state index in [4.69, 9.17) is 28.3 Å². The first-order chi connectivity index (χ1) is 21.4. The number of hydrogen-bond acceptors (Lipinski definition) is 8. The highest BCUT2D eigenvalue weighted by molar-refractivity contribution is 7.13. The van der Waals surface area contributed by atoms with Crippen molar-refractivity contribution >= 4 is 62.2 Å². The van der Waals surface area contributed by atoms with Gasteiger partial charge in [-0.05, 0) is 36.6 Å². The van der Waals surface area contributed by atoms with Gasteiger partial charge < -0.3 is 19.5 Å². The summed E-state index contributed by atoms with van der Waals surface area (Å²) in [6.07, 6.45) is 7.07. The summed E-state index contributed by atoms with van der Waals surface area (Å²) < 4.78 is 3.72. The summed E-state index contributed by atoms with van der Waals surface area (Å²) in [5.41, 5.74) is 5.01. The lowest BCUT2D eigenvalue weighted by Crippen LogP contribution is -2.50. The minimum atomic E-state index is -0.822. The molecule has 13 heteroatoms. The normalized spacial score (nSPS) is 15.8. The van der Waals surface area contributed by atoms with Crippen molar-refractivity contribution in [3.63, 3.8) is 0 Å². The molecule has 5 heterocycles. The summed E-state index contributed by atoms with van der Waals surface area (Å²) in [6, 6.07) is 9.27. The van der Waals surface area contributed by atoms with E-state index < -0.39 is 6.04 Å². The summed E-state index contributed by atoms with van der Waals surface area (Å²) in [5.74, 6) is 0.133. The van der Waals surface area contributed by atoms with E-state index in [0.717, 1.165) is 68.1 Å². The Hall–Kier alpha value is -3.48. The number of aromatic nitrogens is 5. The molecule has 1 unspecified atom stereocenters. The summed E-state index contributed by atoms with van der Waals surface area (Å²) in [5, 5.41) is 21.0. The highest BCUT2D eigenvalue weighted by Gasteiger charge is 2.32. The van der Waals surface area contributed by atoms with Gasteiger partial charge in [-0.3, -0.25) is 14.8 Å². The van der Waals surface area contributed by atoms with Crippen molar-refractivity contribution in [3.8, 4) is 11.1 Å². The Morgan fingerprint density at radius 2 is 2.05 bits per heavy atom. The Bertz CT molecular complexity index is 1800. The molecule has 0 bridgehead atoms. The number of benzene rings is 2. The molecular weight excluding hydrogens is 619 g/mol. The number of carbonyl (C=O) groups is 1. The number of rotatable bonds is 10. The topological polar surface area (TPSA) is 104 Å². The van der Waals surface area contributed by atoms with Gasteiger partial charge in [0, 0.05) is 92.4 Å². The maximum atomic E-state index is 13.7. The third kappa shape index (κ3) is 5.48. The minimum Gasteiger partial charge on any atom is -0.396 e. The number of imidazole rings is 1. The Balaban J connectivity index is 1.17. The first-order valence-electron chi connectivity index (χ1n) is 14.7. The highest BCUT2D eigenvalue weighted by Crippen LogP contribution is 2.40. The zero-order valence-electron chi connectivity index (χ0n) is 24.2. The van der Waals surface area contributed by atoms with Crippen molar-refractivity contribution in [3.05, 3.63) is 75.9 Å². The molecule has 0 saturated carbocycles. The van der Waals surface area contributed by atoms with Gasteiger partial charge >= 0.3 is 0 Å². The van der Waals surface area contributed by atoms with Crippen LogP contribution >= 0.6 is 34.5 Å². The van der Waals surface area contributed by atoms with Crippen molar-refractivity contribution in [1.82, 2.24) is 29.2 Å². The zero-order valence-corrected chi connectivity index (χ0v) is 26.5. The van der Waals surface area contributed by atoms with Crippen molar-refractivity contribution in [1.29, 1.82) is 0 Å². The van der Waals surface area contributed by atoms with Crippen molar-refractivity contribution in [2.75, 3.05) is 50.1 Å².